The van der Waals surface area contributed by atoms with Gasteiger partial charge in [0.15, 0.2) is 11.7 Å². The molecular formula is C19H17N3O3S2. The molecule has 8 heteroatoms. The molecule has 0 unspecified atom stereocenters. The van der Waals surface area contributed by atoms with Gasteiger partial charge in [-0.15, -0.1) is 0 Å². The predicted octanol–water partition coefficient (Wildman–Crippen LogP) is 3.42. The first-order valence-corrected chi connectivity index (χ1v) is 10.2. The van der Waals surface area contributed by atoms with Crippen LogP contribution in [-0.4, -0.2) is 34.8 Å². The second kappa shape index (κ2) is 7.89. The molecule has 3 aromatic rings. The van der Waals surface area contributed by atoms with Crippen molar-refractivity contribution < 1.29 is 14.3 Å². The van der Waals surface area contributed by atoms with Crippen LogP contribution in [0, 0.1) is 0 Å². The molecule has 0 aliphatic carbocycles. The van der Waals surface area contributed by atoms with Crippen molar-refractivity contribution in [2.45, 2.75) is 13.0 Å². The van der Waals surface area contributed by atoms with E-state index in [0.717, 1.165) is 10.6 Å². The van der Waals surface area contributed by atoms with Gasteiger partial charge < -0.3 is 9.64 Å². The number of nitrogens with zero attached hydrogens (tertiary/aromatic N) is 2. The number of benzene rings is 1. The Morgan fingerprint density at radius 2 is 2.07 bits per heavy atom. The molecule has 0 radical (unpaired) electrons. The summed E-state index contributed by atoms with van der Waals surface area (Å²) in [7, 11) is 0. The minimum Gasteiger partial charge on any atom is -0.484 e. The second-order valence-electron chi connectivity index (χ2n) is 6.02. The van der Waals surface area contributed by atoms with Crippen LogP contribution in [0.15, 0.2) is 47.2 Å². The van der Waals surface area contributed by atoms with E-state index >= 15 is 0 Å². The third-order valence-electron chi connectivity index (χ3n) is 4.19. The largest absolute Gasteiger partial charge is 0.484 e. The van der Waals surface area contributed by atoms with Crippen LogP contribution in [0.1, 0.15) is 20.9 Å². The van der Waals surface area contributed by atoms with Gasteiger partial charge in [-0.05, 0) is 23.6 Å². The van der Waals surface area contributed by atoms with Crippen molar-refractivity contribution in [2.75, 3.05) is 18.5 Å². The Balaban J connectivity index is 1.36. The lowest BCUT2D eigenvalue weighted by Gasteiger charge is -2.26. The normalized spacial score (nSPS) is 13.1. The topological polar surface area (TPSA) is 71.5 Å². The van der Waals surface area contributed by atoms with Crippen molar-refractivity contribution in [3.63, 3.8) is 0 Å². The first kappa shape index (κ1) is 17.7. The first-order valence-electron chi connectivity index (χ1n) is 8.47. The third-order valence-corrected chi connectivity index (χ3v) is 5.87. The Kier molecular flexibility index (Phi) is 5.17. The van der Waals surface area contributed by atoms with Gasteiger partial charge in [-0.1, -0.05) is 29.5 Å². The molecule has 1 aliphatic heterocycles. The van der Waals surface area contributed by atoms with Gasteiger partial charge in [-0.2, -0.15) is 11.3 Å². The van der Waals surface area contributed by atoms with E-state index in [0.29, 0.717) is 36.0 Å². The number of para-hydroxylation sites is 1. The van der Waals surface area contributed by atoms with Crippen LogP contribution in [0.25, 0.3) is 0 Å². The molecule has 27 heavy (non-hydrogen) atoms. The number of ether oxygens (including phenoxy) is 1. The summed E-state index contributed by atoms with van der Waals surface area (Å²) >= 11 is 2.90. The maximum atomic E-state index is 12.4. The molecule has 6 nitrogen and oxygen atoms in total. The lowest BCUT2D eigenvalue weighted by molar-refractivity contribution is -0.134. The molecule has 1 aliphatic rings. The lowest BCUT2D eigenvalue weighted by atomic mass is 10.2. The predicted molar refractivity (Wildman–Crippen MR) is 105 cm³/mol. The molecule has 0 saturated heterocycles. The Morgan fingerprint density at radius 3 is 2.85 bits per heavy atom. The molecule has 0 atom stereocenters. The SMILES string of the molecule is O=C(Nc1nc2c(s1)CN(C(=O)COc1ccccc1)CC2)c1ccsc1. The fourth-order valence-corrected chi connectivity index (χ4v) is 4.43. The maximum Gasteiger partial charge on any atom is 0.260 e. The average molecular weight is 399 g/mol. The number of anilines is 1. The van der Waals surface area contributed by atoms with E-state index in [1.54, 1.807) is 16.3 Å². The zero-order valence-corrected chi connectivity index (χ0v) is 16.0. The van der Waals surface area contributed by atoms with Gasteiger partial charge in [-0.3, -0.25) is 14.9 Å². The third kappa shape index (κ3) is 4.17. The molecule has 2 aromatic heterocycles. The van der Waals surface area contributed by atoms with Crippen molar-refractivity contribution in [3.8, 4) is 5.75 Å². The Hall–Kier alpha value is -2.71. The lowest BCUT2D eigenvalue weighted by Crippen LogP contribution is -2.38. The van der Waals surface area contributed by atoms with E-state index in [-0.39, 0.29) is 18.4 Å². The number of carbonyl (C=O) groups is 2. The molecule has 0 saturated carbocycles. The summed E-state index contributed by atoms with van der Waals surface area (Å²) < 4.78 is 5.55. The zero-order valence-electron chi connectivity index (χ0n) is 14.4. The molecule has 0 spiro atoms. The van der Waals surface area contributed by atoms with E-state index in [4.69, 9.17) is 4.74 Å². The van der Waals surface area contributed by atoms with E-state index < -0.39 is 0 Å². The Labute approximate surface area is 164 Å². The van der Waals surface area contributed by atoms with Crippen molar-refractivity contribution in [2.24, 2.45) is 0 Å². The van der Waals surface area contributed by atoms with Crippen molar-refractivity contribution >= 4 is 39.6 Å². The highest BCUT2D eigenvalue weighted by molar-refractivity contribution is 7.16. The Morgan fingerprint density at radius 1 is 1.22 bits per heavy atom. The van der Waals surface area contributed by atoms with Crippen LogP contribution in [0.5, 0.6) is 5.75 Å². The summed E-state index contributed by atoms with van der Waals surface area (Å²) in [5.74, 6) is 0.466. The summed E-state index contributed by atoms with van der Waals surface area (Å²) in [6.45, 7) is 1.11. The van der Waals surface area contributed by atoms with E-state index in [2.05, 4.69) is 10.3 Å². The number of hydrogen-bond acceptors (Lipinski definition) is 6. The molecule has 4 rings (SSSR count). The molecule has 0 bridgehead atoms. The molecule has 3 heterocycles. The number of fused-ring (bicyclic) bond motifs is 1. The fraction of sp³-hybridized carbons (Fsp3) is 0.211. The van der Waals surface area contributed by atoms with Crippen LogP contribution in [0.4, 0.5) is 5.13 Å². The molecular weight excluding hydrogens is 382 g/mol. The van der Waals surface area contributed by atoms with E-state index in [1.165, 1.54) is 22.7 Å². The first-order chi connectivity index (χ1) is 13.2. The van der Waals surface area contributed by atoms with Crippen molar-refractivity contribution in [1.82, 2.24) is 9.88 Å². The number of thiazole rings is 1. The number of carbonyl (C=O) groups excluding carboxylic acids is 2. The number of rotatable bonds is 5. The van der Waals surface area contributed by atoms with E-state index in [1.807, 2.05) is 35.7 Å². The molecule has 2 amide bonds. The van der Waals surface area contributed by atoms with Gasteiger partial charge in [0.2, 0.25) is 0 Å². The number of amides is 2. The standard InChI is InChI=1S/C19H17N3O3S2/c23-17(11-25-14-4-2-1-3-5-14)22-8-6-15-16(10-22)27-19(20-15)21-18(24)13-7-9-26-12-13/h1-5,7,9,12H,6,8,10-11H2,(H,20,21,24). The highest BCUT2D eigenvalue weighted by Gasteiger charge is 2.25. The van der Waals surface area contributed by atoms with Gasteiger partial charge in [0.1, 0.15) is 5.75 Å². The maximum absolute atomic E-state index is 12.4. The minimum absolute atomic E-state index is 0.0138. The van der Waals surface area contributed by atoms with Crippen LogP contribution >= 0.6 is 22.7 Å². The number of nitrogens with one attached hydrogen (secondary N) is 1. The monoisotopic (exact) mass is 399 g/mol. The smallest absolute Gasteiger partial charge is 0.260 e. The van der Waals surface area contributed by atoms with Crippen molar-refractivity contribution in [1.29, 1.82) is 0 Å². The van der Waals surface area contributed by atoms with Crippen molar-refractivity contribution in [3.05, 3.63) is 63.3 Å². The molecule has 0 fully saturated rings. The second-order valence-corrected chi connectivity index (χ2v) is 7.89. The Bertz CT molecular complexity index is 939. The highest BCUT2D eigenvalue weighted by Crippen LogP contribution is 2.29. The zero-order chi connectivity index (χ0) is 18.6. The fourth-order valence-electron chi connectivity index (χ4n) is 2.78. The van der Waals surface area contributed by atoms with Crippen LogP contribution in [0.3, 0.4) is 0 Å². The minimum atomic E-state index is -0.161. The number of aromatic nitrogens is 1. The molecule has 1 aromatic carbocycles. The number of hydrogen-bond donors (Lipinski definition) is 1. The van der Waals surface area contributed by atoms with Crippen LogP contribution in [-0.2, 0) is 17.8 Å². The summed E-state index contributed by atoms with van der Waals surface area (Å²) in [4.78, 5) is 31.9. The summed E-state index contributed by atoms with van der Waals surface area (Å²) in [5, 5.41) is 7.08. The van der Waals surface area contributed by atoms with Gasteiger partial charge in [0.05, 0.1) is 17.8 Å². The van der Waals surface area contributed by atoms with Crippen LogP contribution in [0.2, 0.25) is 0 Å². The highest BCUT2D eigenvalue weighted by atomic mass is 32.1. The molecule has 138 valence electrons. The number of thiophene rings is 1. The van der Waals surface area contributed by atoms with Gasteiger partial charge in [-0.25, -0.2) is 4.98 Å². The molecule has 1 N–H and O–H groups in total. The van der Waals surface area contributed by atoms with Gasteiger partial charge in [0, 0.05) is 23.2 Å². The summed E-state index contributed by atoms with van der Waals surface area (Å²) in [5.41, 5.74) is 1.58. The summed E-state index contributed by atoms with van der Waals surface area (Å²) in [6, 6.07) is 11.1. The quantitative estimate of drug-likeness (QED) is 0.714. The van der Waals surface area contributed by atoms with Gasteiger partial charge >= 0.3 is 0 Å². The van der Waals surface area contributed by atoms with E-state index in [9.17, 15) is 9.59 Å². The van der Waals surface area contributed by atoms with Crippen LogP contribution < -0.4 is 10.1 Å². The summed E-state index contributed by atoms with van der Waals surface area (Å²) in [6.07, 6.45) is 0.678. The average Bonchev–Trinajstić information content (AvgIpc) is 3.35. The van der Waals surface area contributed by atoms with Gasteiger partial charge in [0.25, 0.3) is 11.8 Å².